The van der Waals surface area contributed by atoms with E-state index in [1.165, 1.54) is 0 Å². The van der Waals surface area contributed by atoms with Crippen molar-refractivity contribution in [1.29, 1.82) is 0 Å². The topological polar surface area (TPSA) is 56.7 Å². The zero-order valence-electron chi connectivity index (χ0n) is 12.0. The molecule has 0 fully saturated rings. The normalized spacial score (nSPS) is 13.3. The fraction of sp³-hybridized carbons (Fsp3) is 0.176. The molecule has 0 aromatic heterocycles. The molecular weight excluding hydrogens is 262 g/mol. The van der Waals surface area contributed by atoms with Gasteiger partial charge in [-0.15, -0.1) is 0 Å². The number of fused-ring (bicyclic) bond motifs is 1. The van der Waals surface area contributed by atoms with Crippen LogP contribution in [0.25, 0.3) is 5.53 Å². The molecule has 1 amide bonds. The maximum absolute atomic E-state index is 12.5. The van der Waals surface area contributed by atoms with Gasteiger partial charge >= 0.3 is 11.6 Å². The number of aryl methyl sites for hydroxylation is 2. The zero-order chi connectivity index (χ0) is 15.0. The van der Waals surface area contributed by atoms with E-state index in [4.69, 9.17) is 0 Å². The van der Waals surface area contributed by atoms with Gasteiger partial charge < -0.3 is 5.53 Å². The van der Waals surface area contributed by atoms with E-state index in [9.17, 15) is 10.3 Å². The average molecular weight is 277 g/mol. The Morgan fingerprint density at radius 1 is 1.14 bits per heavy atom. The predicted octanol–water partition coefficient (Wildman–Crippen LogP) is 2.87. The maximum Gasteiger partial charge on any atom is 0.389 e. The van der Waals surface area contributed by atoms with E-state index in [1.54, 1.807) is 4.90 Å². The van der Waals surface area contributed by atoms with Crippen molar-refractivity contribution in [2.24, 2.45) is 0 Å². The second kappa shape index (κ2) is 5.00. The number of hydrogen-bond donors (Lipinski definition) is 0. The van der Waals surface area contributed by atoms with Crippen LogP contribution in [-0.4, -0.2) is 16.4 Å². The van der Waals surface area contributed by atoms with Crippen LogP contribution in [0.4, 0.5) is 5.69 Å². The van der Waals surface area contributed by atoms with Gasteiger partial charge in [-0.1, -0.05) is 36.4 Å². The Bertz CT molecular complexity index is 774. The number of carbonyl (C=O) groups excluding carboxylic acids is 1. The third-order valence-electron chi connectivity index (χ3n) is 3.70. The van der Waals surface area contributed by atoms with Crippen LogP contribution in [0.15, 0.2) is 42.5 Å². The van der Waals surface area contributed by atoms with E-state index in [-0.39, 0.29) is 11.6 Å². The average Bonchev–Trinajstić information content (AvgIpc) is 2.72. The summed E-state index contributed by atoms with van der Waals surface area (Å²) in [5.41, 5.74) is 13.9. The molecule has 2 aromatic carbocycles. The summed E-state index contributed by atoms with van der Waals surface area (Å²) < 4.78 is 0. The van der Waals surface area contributed by atoms with Gasteiger partial charge in [-0.3, -0.25) is 9.69 Å². The molecule has 3 rings (SSSR count). The lowest BCUT2D eigenvalue weighted by Gasteiger charge is -2.18. The van der Waals surface area contributed by atoms with Gasteiger partial charge in [-0.2, -0.15) is 4.79 Å². The highest BCUT2D eigenvalue weighted by Crippen LogP contribution is 2.34. The molecule has 1 aliphatic rings. The van der Waals surface area contributed by atoms with Gasteiger partial charge in [0, 0.05) is 0 Å². The van der Waals surface area contributed by atoms with Crippen LogP contribution in [0, 0.1) is 13.8 Å². The standard InChI is InChI=1S/C17H15N3O/c1-11-8-12(2)16-14(9-11)15(19-18)17(21)20(16)10-13-6-4-3-5-7-13/h3-9H,10H2,1-2H3. The molecule has 104 valence electrons. The molecule has 0 saturated heterocycles. The number of nitrogens with zero attached hydrogens (tertiary/aromatic N) is 3. The number of amides is 1. The Morgan fingerprint density at radius 2 is 1.86 bits per heavy atom. The van der Waals surface area contributed by atoms with Crippen molar-refractivity contribution in [3.05, 3.63) is 70.2 Å². The van der Waals surface area contributed by atoms with Gasteiger partial charge in [0.15, 0.2) is 0 Å². The molecule has 0 aliphatic carbocycles. The first-order valence-corrected chi connectivity index (χ1v) is 6.81. The highest BCUT2D eigenvalue weighted by atomic mass is 16.2. The fourth-order valence-corrected chi connectivity index (χ4v) is 2.86. The second-order valence-corrected chi connectivity index (χ2v) is 5.30. The maximum atomic E-state index is 12.5. The number of carbonyl (C=O) groups is 1. The molecule has 2 aromatic rings. The largest absolute Gasteiger partial charge is 0.389 e. The number of anilines is 1. The van der Waals surface area contributed by atoms with Gasteiger partial charge in [0.25, 0.3) is 0 Å². The monoisotopic (exact) mass is 277 g/mol. The van der Waals surface area contributed by atoms with Crippen LogP contribution in [-0.2, 0) is 11.3 Å². The van der Waals surface area contributed by atoms with Crippen molar-refractivity contribution >= 4 is 17.3 Å². The highest BCUT2D eigenvalue weighted by Gasteiger charge is 2.41. The minimum atomic E-state index is -0.259. The minimum absolute atomic E-state index is 0.118. The van der Waals surface area contributed by atoms with Crippen molar-refractivity contribution in [2.45, 2.75) is 20.4 Å². The molecule has 0 unspecified atom stereocenters. The molecule has 1 aliphatic heterocycles. The summed E-state index contributed by atoms with van der Waals surface area (Å²) in [6.45, 7) is 4.40. The van der Waals surface area contributed by atoms with Gasteiger partial charge in [0.2, 0.25) is 0 Å². The molecule has 0 atom stereocenters. The smallest absolute Gasteiger partial charge is 0.361 e. The van der Waals surface area contributed by atoms with E-state index < -0.39 is 0 Å². The van der Waals surface area contributed by atoms with Crippen LogP contribution in [0.2, 0.25) is 0 Å². The lowest BCUT2D eigenvalue weighted by molar-refractivity contribution is -0.116. The Morgan fingerprint density at radius 3 is 2.52 bits per heavy atom. The van der Waals surface area contributed by atoms with Crippen molar-refractivity contribution in [3.63, 3.8) is 0 Å². The summed E-state index contributed by atoms with van der Waals surface area (Å²) in [5, 5.41) is 0. The quantitative estimate of drug-likeness (QED) is 0.615. The van der Waals surface area contributed by atoms with Gasteiger partial charge in [-0.25, -0.2) is 0 Å². The number of benzene rings is 2. The summed E-state index contributed by atoms with van der Waals surface area (Å²) >= 11 is 0. The van der Waals surface area contributed by atoms with Gasteiger partial charge in [0.05, 0.1) is 17.8 Å². The van der Waals surface area contributed by atoms with Crippen molar-refractivity contribution in [2.75, 3.05) is 4.90 Å². The summed E-state index contributed by atoms with van der Waals surface area (Å²) in [5.74, 6) is -0.259. The zero-order valence-corrected chi connectivity index (χ0v) is 12.0. The Hall–Kier alpha value is -2.71. The molecule has 21 heavy (non-hydrogen) atoms. The lowest BCUT2D eigenvalue weighted by Crippen LogP contribution is -2.30. The highest BCUT2D eigenvalue weighted by molar-refractivity contribution is 6.52. The summed E-state index contributed by atoms with van der Waals surface area (Å²) in [7, 11) is 0. The van der Waals surface area contributed by atoms with E-state index in [2.05, 4.69) is 4.79 Å². The third kappa shape index (κ3) is 2.16. The van der Waals surface area contributed by atoms with Crippen LogP contribution in [0.5, 0.6) is 0 Å². The van der Waals surface area contributed by atoms with E-state index >= 15 is 0 Å². The first-order chi connectivity index (χ1) is 10.1. The number of rotatable bonds is 2. The van der Waals surface area contributed by atoms with Crippen LogP contribution in [0.1, 0.15) is 22.3 Å². The van der Waals surface area contributed by atoms with Crippen molar-refractivity contribution < 1.29 is 9.58 Å². The molecule has 0 radical (unpaired) electrons. The molecule has 0 N–H and O–H groups in total. The molecular formula is C17H15N3O. The summed E-state index contributed by atoms with van der Waals surface area (Å²) in [6.07, 6.45) is 0. The SMILES string of the molecule is Cc1cc(C)c2c(c1)C(=[N+]=[N-])C(=O)N2Cc1ccccc1. The number of hydrogen-bond acceptors (Lipinski definition) is 1. The van der Waals surface area contributed by atoms with E-state index in [0.717, 1.165) is 22.4 Å². The van der Waals surface area contributed by atoms with E-state index in [1.807, 2.05) is 56.3 Å². The van der Waals surface area contributed by atoms with Crippen LogP contribution in [0.3, 0.4) is 0 Å². The molecule has 0 bridgehead atoms. The Balaban J connectivity index is 2.12. The molecule has 1 heterocycles. The molecule has 0 saturated carbocycles. The van der Waals surface area contributed by atoms with Crippen molar-refractivity contribution in [3.8, 4) is 0 Å². The minimum Gasteiger partial charge on any atom is -0.361 e. The lowest BCUT2D eigenvalue weighted by atomic mass is 10.0. The van der Waals surface area contributed by atoms with Crippen LogP contribution >= 0.6 is 0 Å². The van der Waals surface area contributed by atoms with E-state index in [0.29, 0.717) is 12.1 Å². The first-order valence-electron chi connectivity index (χ1n) is 6.81. The third-order valence-corrected chi connectivity index (χ3v) is 3.70. The Kier molecular flexibility index (Phi) is 3.16. The van der Waals surface area contributed by atoms with Gasteiger partial charge in [-0.05, 0) is 36.6 Å². The van der Waals surface area contributed by atoms with Crippen LogP contribution < -0.4 is 4.90 Å². The molecule has 0 spiro atoms. The van der Waals surface area contributed by atoms with Crippen molar-refractivity contribution in [1.82, 2.24) is 0 Å². The Labute approximate surface area is 123 Å². The molecule has 4 heteroatoms. The summed E-state index contributed by atoms with van der Waals surface area (Å²) in [4.78, 5) is 17.4. The fourth-order valence-electron chi connectivity index (χ4n) is 2.86. The molecule has 4 nitrogen and oxygen atoms in total. The van der Waals surface area contributed by atoms with Gasteiger partial charge in [0.1, 0.15) is 0 Å². The second-order valence-electron chi connectivity index (χ2n) is 5.30. The predicted molar refractivity (Wildman–Crippen MR) is 81.3 cm³/mol. The summed E-state index contributed by atoms with van der Waals surface area (Å²) in [6, 6.07) is 13.7. The first kappa shape index (κ1) is 13.3.